The van der Waals surface area contributed by atoms with E-state index in [4.69, 9.17) is 0 Å². The molecule has 0 radical (unpaired) electrons. The van der Waals surface area contributed by atoms with Gasteiger partial charge in [-0.1, -0.05) is 13.8 Å². The number of fused-ring (bicyclic) bond motifs is 1. The molecule has 0 saturated carbocycles. The van der Waals surface area contributed by atoms with Gasteiger partial charge >= 0.3 is 6.18 Å². The number of anilines is 1. The van der Waals surface area contributed by atoms with E-state index in [1.807, 2.05) is 0 Å². The van der Waals surface area contributed by atoms with E-state index in [1.165, 1.54) is 4.52 Å². The molecule has 3 heterocycles. The lowest BCUT2D eigenvalue weighted by Gasteiger charge is -2.39. The molecule has 0 spiro atoms. The minimum atomic E-state index is -4.57. The second-order valence-corrected chi connectivity index (χ2v) is 6.59. The number of hydrogen-bond donors (Lipinski definition) is 0. The summed E-state index contributed by atoms with van der Waals surface area (Å²) in [6.45, 7) is 7.64. The van der Waals surface area contributed by atoms with Crippen molar-refractivity contribution < 1.29 is 13.2 Å². The Morgan fingerprint density at radius 2 is 1.95 bits per heavy atom. The summed E-state index contributed by atoms with van der Waals surface area (Å²) >= 11 is 0. The molecule has 5 nitrogen and oxygen atoms in total. The Morgan fingerprint density at radius 1 is 1.23 bits per heavy atom. The van der Waals surface area contributed by atoms with Crippen LogP contribution in [0.15, 0.2) is 6.07 Å². The highest BCUT2D eigenvalue weighted by Gasteiger charge is 2.37. The standard InChI is InChI=1S/C14H18F3N5/c1-9-7-10(21-6-4-5-13(2,3)8-21)22-12(18-9)19-11(20-22)14(15,16)17/h7H,4-6,8H2,1-3H3. The van der Waals surface area contributed by atoms with E-state index < -0.39 is 12.0 Å². The van der Waals surface area contributed by atoms with Gasteiger partial charge in [0, 0.05) is 24.8 Å². The van der Waals surface area contributed by atoms with Crippen molar-refractivity contribution in [1.82, 2.24) is 19.6 Å². The van der Waals surface area contributed by atoms with Crippen molar-refractivity contribution in [2.45, 2.75) is 39.8 Å². The van der Waals surface area contributed by atoms with Crippen LogP contribution in [0.5, 0.6) is 0 Å². The number of rotatable bonds is 1. The van der Waals surface area contributed by atoms with Gasteiger partial charge in [-0.3, -0.25) is 0 Å². The SMILES string of the molecule is Cc1cc(N2CCCC(C)(C)C2)n2nc(C(F)(F)F)nc2n1. The van der Waals surface area contributed by atoms with E-state index in [9.17, 15) is 13.2 Å². The lowest BCUT2D eigenvalue weighted by molar-refractivity contribution is -0.144. The van der Waals surface area contributed by atoms with Crippen LogP contribution >= 0.6 is 0 Å². The predicted molar refractivity (Wildman–Crippen MR) is 75.7 cm³/mol. The third-order valence-electron chi connectivity index (χ3n) is 3.90. The second-order valence-electron chi connectivity index (χ2n) is 6.59. The fourth-order valence-corrected chi connectivity index (χ4v) is 2.93. The number of piperidine rings is 1. The molecular weight excluding hydrogens is 295 g/mol. The minimum Gasteiger partial charge on any atom is -0.356 e. The van der Waals surface area contributed by atoms with Crippen LogP contribution < -0.4 is 4.90 Å². The van der Waals surface area contributed by atoms with Gasteiger partial charge in [0.2, 0.25) is 0 Å². The fraction of sp³-hybridized carbons (Fsp3) is 0.643. The highest BCUT2D eigenvalue weighted by Crippen LogP contribution is 2.32. The Balaban J connectivity index is 2.10. The number of aromatic nitrogens is 4. The molecule has 1 saturated heterocycles. The first-order valence-electron chi connectivity index (χ1n) is 7.22. The van der Waals surface area contributed by atoms with Crippen LogP contribution in [-0.4, -0.2) is 32.7 Å². The third kappa shape index (κ3) is 2.74. The summed E-state index contributed by atoms with van der Waals surface area (Å²) < 4.78 is 39.7. The smallest absolute Gasteiger partial charge is 0.356 e. The van der Waals surface area contributed by atoms with E-state index in [1.54, 1.807) is 13.0 Å². The van der Waals surface area contributed by atoms with Crippen LogP contribution in [0.2, 0.25) is 0 Å². The summed E-state index contributed by atoms with van der Waals surface area (Å²) in [6, 6.07) is 1.77. The van der Waals surface area contributed by atoms with Gasteiger partial charge in [0.25, 0.3) is 11.6 Å². The van der Waals surface area contributed by atoms with Gasteiger partial charge < -0.3 is 4.90 Å². The maximum atomic E-state index is 12.8. The summed E-state index contributed by atoms with van der Waals surface area (Å²) in [7, 11) is 0. The Morgan fingerprint density at radius 3 is 2.59 bits per heavy atom. The zero-order valence-electron chi connectivity index (χ0n) is 12.8. The van der Waals surface area contributed by atoms with E-state index >= 15 is 0 Å². The maximum absolute atomic E-state index is 12.8. The molecular formula is C14H18F3N5. The Hall–Kier alpha value is -1.86. The molecule has 1 fully saturated rings. The molecule has 3 rings (SSSR count). The Bertz CT molecular complexity index is 704. The number of alkyl halides is 3. The van der Waals surface area contributed by atoms with Gasteiger partial charge in [-0.05, 0) is 25.2 Å². The molecule has 1 aliphatic heterocycles. The largest absolute Gasteiger partial charge is 0.453 e. The summed E-state index contributed by atoms with van der Waals surface area (Å²) in [5.74, 6) is -0.535. The van der Waals surface area contributed by atoms with Crippen molar-refractivity contribution in [2.75, 3.05) is 18.0 Å². The zero-order chi connectivity index (χ0) is 16.1. The Kier molecular flexibility index (Phi) is 3.30. The second kappa shape index (κ2) is 4.82. The van der Waals surface area contributed by atoms with E-state index in [-0.39, 0.29) is 11.2 Å². The van der Waals surface area contributed by atoms with Gasteiger partial charge in [-0.25, -0.2) is 4.98 Å². The van der Waals surface area contributed by atoms with E-state index in [2.05, 4.69) is 33.8 Å². The quantitative estimate of drug-likeness (QED) is 0.812. The van der Waals surface area contributed by atoms with Crippen LogP contribution in [0.3, 0.4) is 0 Å². The first kappa shape index (κ1) is 15.1. The molecule has 0 unspecified atom stereocenters. The van der Waals surface area contributed by atoms with Crippen molar-refractivity contribution in [1.29, 1.82) is 0 Å². The number of hydrogen-bond acceptors (Lipinski definition) is 4. The molecule has 0 atom stereocenters. The van der Waals surface area contributed by atoms with Crippen LogP contribution in [0.25, 0.3) is 5.78 Å². The summed E-state index contributed by atoms with van der Waals surface area (Å²) in [6.07, 6.45) is -2.47. The number of nitrogens with zero attached hydrogens (tertiary/aromatic N) is 5. The van der Waals surface area contributed by atoms with Gasteiger partial charge in [0.1, 0.15) is 5.82 Å². The van der Waals surface area contributed by atoms with Crippen molar-refractivity contribution >= 4 is 11.6 Å². The monoisotopic (exact) mass is 313 g/mol. The normalized spacial score (nSPS) is 18.9. The lowest BCUT2D eigenvalue weighted by Crippen LogP contribution is -2.41. The van der Waals surface area contributed by atoms with E-state index in [0.29, 0.717) is 11.5 Å². The highest BCUT2D eigenvalue weighted by atomic mass is 19.4. The third-order valence-corrected chi connectivity index (χ3v) is 3.90. The van der Waals surface area contributed by atoms with Crippen LogP contribution in [0.4, 0.5) is 19.0 Å². The summed E-state index contributed by atoms with van der Waals surface area (Å²) in [5, 5.41) is 3.62. The molecule has 0 N–H and O–H groups in total. The van der Waals surface area contributed by atoms with Crippen molar-refractivity contribution in [3.8, 4) is 0 Å². The average Bonchev–Trinajstić information content (AvgIpc) is 2.80. The van der Waals surface area contributed by atoms with Crippen molar-refractivity contribution in [3.63, 3.8) is 0 Å². The molecule has 0 amide bonds. The summed E-state index contributed by atoms with van der Waals surface area (Å²) in [5.41, 5.74) is 0.752. The first-order chi connectivity index (χ1) is 10.2. The fourth-order valence-electron chi connectivity index (χ4n) is 2.93. The lowest BCUT2D eigenvalue weighted by atomic mass is 9.84. The highest BCUT2D eigenvalue weighted by molar-refractivity contribution is 5.48. The van der Waals surface area contributed by atoms with Gasteiger partial charge in [-0.15, -0.1) is 5.10 Å². The Labute approximate surface area is 126 Å². The maximum Gasteiger partial charge on any atom is 0.453 e. The molecule has 0 aliphatic carbocycles. The molecule has 0 aromatic carbocycles. The number of halogens is 3. The van der Waals surface area contributed by atoms with Gasteiger partial charge in [0.05, 0.1) is 0 Å². The molecule has 2 aromatic rings. The van der Waals surface area contributed by atoms with Gasteiger partial charge in [0.15, 0.2) is 0 Å². The molecule has 8 heteroatoms. The van der Waals surface area contributed by atoms with Crippen LogP contribution in [0, 0.1) is 12.3 Å². The first-order valence-corrected chi connectivity index (χ1v) is 7.22. The molecule has 120 valence electrons. The average molecular weight is 313 g/mol. The molecule has 2 aromatic heterocycles. The van der Waals surface area contributed by atoms with Crippen LogP contribution in [0.1, 0.15) is 38.2 Å². The van der Waals surface area contributed by atoms with E-state index in [0.717, 1.165) is 25.9 Å². The minimum absolute atomic E-state index is 0.00861. The number of aryl methyl sites for hydroxylation is 1. The summed E-state index contributed by atoms with van der Waals surface area (Å²) in [4.78, 5) is 9.66. The topological polar surface area (TPSA) is 46.3 Å². The molecule has 22 heavy (non-hydrogen) atoms. The van der Waals surface area contributed by atoms with Crippen molar-refractivity contribution in [2.24, 2.45) is 5.41 Å². The zero-order valence-corrected chi connectivity index (χ0v) is 12.8. The van der Waals surface area contributed by atoms with Crippen LogP contribution in [-0.2, 0) is 6.18 Å². The molecule has 0 bridgehead atoms. The predicted octanol–water partition coefficient (Wildman–Crippen LogP) is 3.08. The van der Waals surface area contributed by atoms with Crippen molar-refractivity contribution in [3.05, 3.63) is 17.6 Å². The van der Waals surface area contributed by atoms with Gasteiger partial charge in [-0.2, -0.15) is 22.7 Å². The molecule has 1 aliphatic rings.